The van der Waals surface area contributed by atoms with Gasteiger partial charge in [0.2, 0.25) is 5.82 Å². The lowest BCUT2D eigenvalue weighted by Crippen LogP contribution is -2.14. The molecule has 0 radical (unpaired) electrons. The molecule has 0 aliphatic carbocycles. The largest absolute Gasteiger partial charge is 0.245 e. The molecule has 4 aromatic rings. The molecular weight excluding hydrogens is 398 g/mol. The van der Waals surface area contributed by atoms with Crippen LogP contribution in [0.4, 0.5) is 0 Å². The molecule has 2 aromatic carbocycles. The number of hydrogen-bond donors (Lipinski definition) is 1. The molecule has 0 bridgehead atoms. The Kier molecular flexibility index (Phi) is 6.44. The van der Waals surface area contributed by atoms with E-state index >= 15 is 0 Å². The molecule has 0 saturated carbocycles. The number of H-pyrrole nitrogens is 1. The number of aromatic amines is 1. The summed E-state index contributed by atoms with van der Waals surface area (Å²) in [6.45, 7) is 9.44. The first-order chi connectivity index (χ1) is 15.5. The molecule has 0 amide bonds. The number of aromatic nitrogens is 7. The lowest BCUT2D eigenvalue weighted by molar-refractivity contribution is 0.532. The molecule has 4 rings (SSSR count). The van der Waals surface area contributed by atoms with Gasteiger partial charge in [0.25, 0.3) is 0 Å². The molecule has 0 saturated heterocycles. The quantitative estimate of drug-likeness (QED) is 0.389. The molecule has 1 N–H and O–H groups in total. The second kappa shape index (κ2) is 9.42. The first kappa shape index (κ1) is 21.9. The average molecular weight is 430 g/mol. The molecule has 7 nitrogen and oxygen atoms in total. The smallest absolute Gasteiger partial charge is 0.205 e. The van der Waals surface area contributed by atoms with Crippen LogP contribution in [0.2, 0.25) is 0 Å². The number of hydrogen-bond acceptors (Lipinski definition) is 5. The summed E-state index contributed by atoms with van der Waals surface area (Å²) in [6, 6.07) is 16.7. The summed E-state index contributed by atoms with van der Waals surface area (Å²) in [5, 5.41) is 19.4. The van der Waals surface area contributed by atoms with Crippen molar-refractivity contribution in [3.8, 4) is 22.5 Å². The van der Waals surface area contributed by atoms with Crippen LogP contribution in [0.25, 0.3) is 22.5 Å². The molecule has 2 heterocycles. The molecule has 0 aliphatic rings. The van der Waals surface area contributed by atoms with Crippen molar-refractivity contribution >= 4 is 0 Å². The highest BCUT2D eigenvalue weighted by Crippen LogP contribution is 2.30. The second-order valence-electron chi connectivity index (χ2n) is 9.19. The van der Waals surface area contributed by atoms with Gasteiger partial charge in [0, 0.05) is 17.4 Å². The molecule has 0 fully saturated rings. The third-order valence-corrected chi connectivity index (χ3v) is 5.53. The van der Waals surface area contributed by atoms with Gasteiger partial charge >= 0.3 is 0 Å². The van der Waals surface area contributed by atoms with Crippen molar-refractivity contribution in [1.29, 1.82) is 0 Å². The number of aryl methyl sites for hydroxylation is 1. The maximum atomic E-state index is 4.88. The zero-order valence-corrected chi connectivity index (χ0v) is 19.3. The van der Waals surface area contributed by atoms with Gasteiger partial charge in [0.15, 0.2) is 5.82 Å². The Bertz CT molecular complexity index is 1140. The fourth-order valence-electron chi connectivity index (χ4n) is 3.71. The van der Waals surface area contributed by atoms with Crippen LogP contribution in [0.5, 0.6) is 0 Å². The van der Waals surface area contributed by atoms with Gasteiger partial charge in [0.05, 0.1) is 6.54 Å². The minimum Gasteiger partial charge on any atom is -0.245 e. The Morgan fingerprint density at radius 2 is 1.69 bits per heavy atom. The van der Waals surface area contributed by atoms with Crippen LogP contribution >= 0.6 is 0 Å². The minimum absolute atomic E-state index is 0.0620. The van der Waals surface area contributed by atoms with Gasteiger partial charge < -0.3 is 0 Å². The van der Waals surface area contributed by atoms with Crippen molar-refractivity contribution in [2.75, 3.05) is 0 Å². The molecule has 0 aliphatic heterocycles. The highest BCUT2D eigenvalue weighted by atomic mass is 15.5. The maximum absolute atomic E-state index is 4.88. The van der Waals surface area contributed by atoms with Crippen LogP contribution in [0, 0.1) is 0 Å². The van der Waals surface area contributed by atoms with Gasteiger partial charge in [-0.3, -0.25) is 0 Å². The summed E-state index contributed by atoms with van der Waals surface area (Å²) in [7, 11) is 0. The van der Waals surface area contributed by atoms with Crippen LogP contribution in [0.1, 0.15) is 64.2 Å². The van der Waals surface area contributed by atoms with Crippen molar-refractivity contribution < 1.29 is 0 Å². The Morgan fingerprint density at radius 3 is 2.34 bits per heavy atom. The molecule has 0 atom stereocenters. The van der Waals surface area contributed by atoms with Crippen LogP contribution in [0.3, 0.4) is 0 Å². The van der Waals surface area contributed by atoms with Gasteiger partial charge in [-0.15, -0.1) is 10.2 Å². The van der Waals surface area contributed by atoms with Gasteiger partial charge in [-0.2, -0.15) is 10.3 Å². The van der Waals surface area contributed by atoms with Gasteiger partial charge in [0.1, 0.15) is 5.82 Å². The first-order valence-electron chi connectivity index (χ1n) is 11.3. The highest BCUT2D eigenvalue weighted by molar-refractivity contribution is 5.80. The van der Waals surface area contributed by atoms with Crippen molar-refractivity contribution in [3.05, 3.63) is 65.7 Å². The SMILES string of the molecule is CCCCCc1nc(C(C)(C)C)nn1Cc1ccc(-c2ccccc2-c2nn[nH]n2)cc1. The Labute approximate surface area is 189 Å². The summed E-state index contributed by atoms with van der Waals surface area (Å²) in [5.74, 6) is 2.59. The normalized spacial score (nSPS) is 11.8. The number of rotatable bonds is 8. The number of nitrogens with zero attached hydrogens (tertiary/aromatic N) is 6. The van der Waals surface area contributed by atoms with E-state index < -0.39 is 0 Å². The summed E-state index contributed by atoms with van der Waals surface area (Å²) < 4.78 is 2.08. The minimum atomic E-state index is -0.0620. The lowest BCUT2D eigenvalue weighted by atomic mass is 9.96. The lowest BCUT2D eigenvalue weighted by Gasteiger charge is -2.12. The van der Waals surface area contributed by atoms with E-state index in [1.54, 1.807) is 0 Å². The van der Waals surface area contributed by atoms with E-state index in [-0.39, 0.29) is 5.41 Å². The maximum Gasteiger partial charge on any atom is 0.205 e. The van der Waals surface area contributed by atoms with E-state index in [9.17, 15) is 0 Å². The van der Waals surface area contributed by atoms with E-state index in [1.807, 2.05) is 18.2 Å². The predicted molar refractivity (Wildman–Crippen MR) is 126 cm³/mol. The predicted octanol–water partition coefficient (Wildman–Crippen LogP) is 5.20. The van der Waals surface area contributed by atoms with Crippen LogP contribution < -0.4 is 0 Å². The molecule has 0 spiro atoms. The Morgan fingerprint density at radius 1 is 0.938 bits per heavy atom. The molecule has 32 heavy (non-hydrogen) atoms. The summed E-state index contributed by atoms with van der Waals surface area (Å²) >= 11 is 0. The van der Waals surface area contributed by atoms with Crippen molar-refractivity contribution in [3.63, 3.8) is 0 Å². The fraction of sp³-hybridized carbons (Fsp3) is 0.400. The number of tetrazole rings is 1. The average Bonchev–Trinajstić information content (AvgIpc) is 3.45. The molecule has 166 valence electrons. The van der Waals surface area contributed by atoms with E-state index in [0.717, 1.165) is 47.7 Å². The third kappa shape index (κ3) is 4.93. The van der Waals surface area contributed by atoms with Crippen LogP contribution in [-0.2, 0) is 18.4 Å². The standard InChI is InChI=1S/C25H31N7/c1-5-6-7-12-22-26-24(25(2,3)4)29-32(22)17-18-13-15-19(16-14-18)20-10-8-9-11-21(20)23-27-30-31-28-23/h8-11,13-16H,5-7,12,17H2,1-4H3,(H,27,28,30,31). The van der Waals surface area contributed by atoms with Crippen LogP contribution in [-0.4, -0.2) is 35.4 Å². The number of nitrogens with one attached hydrogen (secondary N) is 1. The Hall–Kier alpha value is -3.35. The second-order valence-corrected chi connectivity index (χ2v) is 9.19. The summed E-state index contributed by atoms with van der Waals surface area (Å²) in [6.07, 6.45) is 4.52. The molecule has 2 aromatic heterocycles. The van der Waals surface area contributed by atoms with Crippen molar-refractivity contribution in [2.45, 2.75) is 65.3 Å². The van der Waals surface area contributed by atoms with E-state index in [0.29, 0.717) is 5.82 Å². The van der Waals surface area contributed by atoms with E-state index in [1.165, 1.54) is 18.4 Å². The zero-order valence-electron chi connectivity index (χ0n) is 19.3. The topological polar surface area (TPSA) is 85.2 Å². The van der Waals surface area contributed by atoms with Gasteiger partial charge in [-0.05, 0) is 28.3 Å². The summed E-state index contributed by atoms with van der Waals surface area (Å²) in [4.78, 5) is 4.88. The molecular formula is C25H31N7. The fourth-order valence-corrected chi connectivity index (χ4v) is 3.71. The van der Waals surface area contributed by atoms with Crippen LogP contribution in [0.15, 0.2) is 48.5 Å². The van der Waals surface area contributed by atoms with Crippen molar-refractivity contribution in [1.82, 2.24) is 35.4 Å². The molecule has 0 unspecified atom stereocenters. The van der Waals surface area contributed by atoms with Crippen molar-refractivity contribution in [2.24, 2.45) is 0 Å². The van der Waals surface area contributed by atoms with Gasteiger partial charge in [-0.25, -0.2) is 9.67 Å². The zero-order chi connectivity index (χ0) is 22.6. The first-order valence-corrected chi connectivity index (χ1v) is 11.3. The molecule has 7 heteroatoms. The third-order valence-electron chi connectivity index (χ3n) is 5.53. The van der Waals surface area contributed by atoms with Gasteiger partial charge in [-0.1, -0.05) is 89.1 Å². The highest BCUT2D eigenvalue weighted by Gasteiger charge is 2.21. The monoisotopic (exact) mass is 429 g/mol. The number of benzene rings is 2. The van der Waals surface area contributed by atoms with E-state index in [4.69, 9.17) is 10.1 Å². The summed E-state index contributed by atoms with van der Waals surface area (Å²) in [5.41, 5.74) is 4.29. The number of unbranched alkanes of at least 4 members (excludes halogenated alkanes) is 2. The van der Waals surface area contributed by atoms with E-state index in [2.05, 4.69) is 83.3 Å². The Balaban J connectivity index is 1.58.